The van der Waals surface area contributed by atoms with Gasteiger partial charge in [0.1, 0.15) is 17.6 Å². The first-order valence-corrected chi connectivity index (χ1v) is 14.2. The second-order valence-corrected chi connectivity index (χ2v) is 12.3. The Hall–Kier alpha value is -2.60. The van der Waals surface area contributed by atoms with Gasteiger partial charge >= 0.3 is 18.3 Å². The van der Waals surface area contributed by atoms with Gasteiger partial charge < -0.3 is 19.3 Å². The Kier molecular flexibility index (Phi) is 9.13. The van der Waals surface area contributed by atoms with Crippen molar-refractivity contribution in [3.05, 3.63) is 22.7 Å². The van der Waals surface area contributed by atoms with Crippen LogP contribution in [-0.2, 0) is 10.9 Å². The lowest BCUT2D eigenvalue weighted by molar-refractivity contribution is -0.137. The molecule has 2 aromatic rings. The van der Waals surface area contributed by atoms with E-state index in [0.29, 0.717) is 31.5 Å². The number of hydrogen-bond acceptors (Lipinski definition) is 7. The molecule has 3 fully saturated rings. The number of ether oxygens (including phenoxy) is 2. The summed E-state index contributed by atoms with van der Waals surface area (Å²) < 4.78 is 63.8. The average Bonchev–Trinajstić information content (AvgIpc) is 3.34. The van der Waals surface area contributed by atoms with Crippen molar-refractivity contribution in [3.63, 3.8) is 0 Å². The summed E-state index contributed by atoms with van der Waals surface area (Å²) in [6, 6.07) is 2.43. The van der Waals surface area contributed by atoms with Crippen LogP contribution in [0.15, 0.2) is 12.1 Å². The van der Waals surface area contributed by atoms with Crippen molar-refractivity contribution in [2.45, 2.75) is 89.5 Å². The number of methoxy groups -OCH3 is 1. The van der Waals surface area contributed by atoms with Crippen molar-refractivity contribution >= 4 is 34.4 Å². The number of benzene rings is 1. The Balaban J connectivity index is 0.000000367. The van der Waals surface area contributed by atoms with E-state index in [1.54, 1.807) is 4.90 Å². The summed E-state index contributed by atoms with van der Waals surface area (Å²) in [7, 11) is 3.38. The first kappa shape index (κ1) is 31.3. The van der Waals surface area contributed by atoms with Crippen molar-refractivity contribution in [1.82, 2.24) is 19.8 Å². The zero-order valence-electron chi connectivity index (χ0n) is 24.3. The smallest absolute Gasteiger partial charge is 0.417 e. The van der Waals surface area contributed by atoms with E-state index in [9.17, 15) is 22.4 Å². The van der Waals surface area contributed by atoms with Gasteiger partial charge in [-0.2, -0.15) is 23.1 Å². The molecular formula is C28H38ClF4N5O3. The van der Waals surface area contributed by atoms with Crippen molar-refractivity contribution in [3.8, 4) is 6.01 Å². The lowest BCUT2D eigenvalue weighted by atomic mass is 10.1. The fraction of sp³-hybridized carbons (Fsp3) is 0.679. The predicted octanol–water partition coefficient (Wildman–Crippen LogP) is 6.34. The van der Waals surface area contributed by atoms with E-state index in [1.165, 1.54) is 13.2 Å². The molecule has 0 radical (unpaired) electrons. The molecule has 41 heavy (non-hydrogen) atoms. The fourth-order valence-corrected chi connectivity index (χ4v) is 6.11. The van der Waals surface area contributed by atoms with Crippen LogP contribution in [0.3, 0.4) is 0 Å². The highest BCUT2D eigenvalue weighted by molar-refractivity contribution is 6.32. The highest BCUT2D eigenvalue weighted by Crippen LogP contribution is 2.41. The van der Waals surface area contributed by atoms with E-state index in [0.717, 1.165) is 31.7 Å². The number of alkyl halides is 4. The maximum atomic E-state index is 13.5. The monoisotopic (exact) mass is 603 g/mol. The van der Waals surface area contributed by atoms with Crippen LogP contribution in [0.5, 0.6) is 6.01 Å². The molecule has 5 rings (SSSR count). The number of piperazine rings is 1. The summed E-state index contributed by atoms with van der Waals surface area (Å²) >= 11 is 5.89. The molecule has 0 N–H and O–H groups in total. The Morgan fingerprint density at radius 2 is 1.73 bits per heavy atom. The molecule has 0 aliphatic carbocycles. The molecule has 228 valence electrons. The van der Waals surface area contributed by atoms with Crippen LogP contribution in [0, 0.1) is 0 Å². The summed E-state index contributed by atoms with van der Waals surface area (Å²) in [5, 5.41) is -0.209. The molecule has 4 heterocycles. The number of rotatable bonds is 3. The number of amides is 1. The number of nitrogens with zero attached hydrogens (tertiary/aromatic N) is 5. The van der Waals surface area contributed by atoms with Gasteiger partial charge in [-0.1, -0.05) is 18.5 Å². The summed E-state index contributed by atoms with van der Waals surface area (Å²) in [5.74, 6) is 0.328. The minimum Gasteiger partial charge on any atom is -0.467 e. The first-order chi connectivity index (χ1) is 19.1. The van der Waals surface area contributed by atoms with Gasteiger partial charge in [0.05, 0.1) is 35.3 Å². The van der Waals surface area contributed by atoms with E-state index in [-0.39, 0.29) is 35.1 Å². The van der Waals surface area contributed by atoms with E-state index >= 15 is 0 Å². The normalized spacial score (nSPS) is 24.9. The van der Waals surface area contributed by atoms with Crippen LogP contribution in [0.4, 0.5) is 28.2 Å². The maximum absolute atomic E-state index is 13.5. The Bertz CT molecular complexity index is 1240. The van der Waals surface area contributed by atoms with Crippen LogP contribution >= 0.6 is 11.6 Å². The Morgan fingerprint density at radius 1 is 1.10 bits per heavy atom. The van der Waals surface area contributed by atoms with Crippen LogP contribution in [0.1, 0.15) is 58.9 Å². The summed E-state index contributed by atoms with van der Waals surface area (Å²) in [6.07, 6.45) is -2.18. The molecule has 8 nitrogen and oxygen atoms in total. The molecule has 3 saturated heterocycles. The summed E-state index contributed by atoms with van der Waals surface area (Å²) in [4.78, 5) is 27.0. The van der Waals surface area contributed by atoms with Gasteiger partial charge in [0.25, 0.3) is 0 Å². The number of anilines is 1. The molecule has 0 spiro atoms. The average molecular weight is 604 g/mol. The van der Waals surface area contributed by atoms with Gasteiger partial charge in [-0.05, 0) is 65.6 Å². The van der Waals surface area contributed by atoms with Gasteiger partial charge in [-0.25, -0.2) is 9.18 Å². The predicted molar refractivity (Wildman–Crippen MR) is 149 cm³/mol. The van der Waals surface area contributed by atoms with Crippen molar-refractivity contribution in [2.75, 3.05) is 38.7 Å². The molecule has 0 saturated carbocycles. The molecule has 3 aliphatic heterocycles. The Morgan fingerprint density at radius 3 is 2.20 bits per heavy atom. The van der Waals surface area contributed by atoms with E-state index in [1.807, 2.05) is 32.7 Å². The van der Waals surface area contributed by atoms with Crippen LogP contribution in [0.2, 0.25) is 5.02 Å². The third-order valence-corrected chi connectivity index (χ3v) is 8.04. The number of likely N-dealkylation sites (tertiary alicyclic amines) is 1. The molecule has 1 amide bonds. The number of carbonyl (C=O) groups is 1. The molecule has 1 aromatic carbocycles. The van der Waals surface area contributed by atoms with Crippen molar-refractivity contribution in [2.24, 2.45) is 0 Å². The van der Waals surface area contributed by atoms with Gasteiger partial charge in [0.15, 0.2) is 0 Å². The highest BCUT2D eigenvalue weighted by Gasteiger charge is 2.45. The molecule has 3 aliphatic rings. The van der Waals surface area contributed by atoms with Crippen molar-refractivity contribution < 1.29 is 31.8 Å². The zero-order valence-corrected chi connectivity index (χ0v) is 25.0. The number of carbonyl (C=O) groups excluding carboxylic acids is 1. The number of fused-ring (bicyclic) bond motifs is 3. The second-order valence-electron chi connectivity index (χ2n) is 11.9. The molecule has 4 unspecified atom stereocenters. The Labute approximate surface area is 242 Å². The number of aromatic nitrogens is 2. The standard InChI is InChI=1S/C21H24ClF3N4O3.C7H14FN/c1-20(2,3)32-19(30)29-11-5-6-12(29)10-28(9-11)17-13-7-14(21(23,24)25)15(22)8-16(13)26-18(27-17)31-4;1-3-7-4-6(8)5-9(7)2/h7-8,11-12H,5-6,9-10H2,1-4H3;6-7H,3-5H2,1-2H3. The quantitative estimate of drug-likeness (QED) is 0.379. The first-order valence-electron chi connectivity index (χ1n) is 13.8. The number of hydrogen-bond donors (Lipinski definition) is 0. The lowest BCUT2D eigenvalue weighted by Crippen LogP contribution is -2.57. The van der Waals surface area contributed by atoms with Gasteiger partial charge in [-0.15, -0.1) is 0 Å². The van der Waals surface area contributed by atoms with Gasteiger partial charge in [0.2, 0.25) is 0 Å². The largest absolute Gasteiger partial charge is 0.467 e. The maximum Gasteiger partial charge on any atom is 0.417 e. The van der Waals surface area contributed by atoms with Crippen molar-refractivity contribution in [1.29, 1.82) is 0 Å². The van der Waals surface area contributed by atoms with Gasteiger partial charge in [0, 0.05) is 31.1 Å². The topological polar surface area (TPSA) is 71.0 Å². The van der Waals surface area contributed by atoms with Crippen LogP contribution in [-0.4, -0.2) is 89.6 Å². The zero-order chi connectivity index (χ0) is 30.3. The second kappa shape index (κ2) is 11.9. The molecule has 2 bridgehead atoms. The molecule has 4 atom stereocenters. The third-order valence-electron chi connectivity index (χ3n) is 7.73. The van der Waals surface area contributed by atoms with Gasteiger partial charge in [-0.3, -0.25) is 4.90 Å². The van der Waals surface area contributed by atoms with Crippen LogP contribution < -0.4 is 9.64 Å². The van der Waals surface area contributed by atoms with E-state index in [2.05, 4.69) is 21.8 Å². The third kappa shape index (κ3) is 7.07. The van der Waals surface area contributed by atoms with Crippen LogP contribution in [0.25, 0.3) is 10.9 Å². The SMILES string of the molecule is CCC1CC(F)CN1C.COc1nc(N2CC3CCC(C2)N3C(=O)OC(C)(C)C)c2cc(C(F)(F)F)c(Cl)cc2n1. The minimum atomic E-state index is -4.61. The number of halogens is 5. The minimum absolute atomic E-state index is 0.0326. The summed E-state index contributed by atoms with van der Waals surface area (Å²) in [5.41, 5.74) is -1.30. The molecule has 13 heteroatoms. The highest BCUT2D eigenvalue weighted by atomic mass is 35.5. The van der Waals surface area contributed by atoms with E-state index < -0.39 is 28.5 Å². The fourth-order valence-electron chi connectivity index (χ4n) is 5.84. The summed E-state index contributed by atoms with van der Waals surface area (Å²) in [6.45, 7) is 9.00. The molecular weight excluding hydrogens is 566 g/mol. The molecule has 1 aromatic heterocycles. The van der Waals surface area contributed by atoms with E-state index in [4.69, 9.17) is 21.1 Å². The lowest BCUT2D eigenvalue weighted by Gasteiger charge is -2.42.